The number of aliphatic carboxylic acids is 1. The Morgan fingerprint density at radius 3 is 1.97 bits per heavy atom. The van der Waals surface area contributed by atoms with Gasteiger partial charge in [0.2, 0.25) is 0 Å². The van der Waals surface area contributed by atoms with Gasteiger partial charge in [0.25, 0.3) is 5.91 Å². The number of carboxylic acid groups (broad SMARTS) is 2. The first-order valence-electron chi connectivity index (χ1n) is 11.7. The molecule has 0 aliphatic carbocycles. The van der Waals surface area contributed by atoms with Crippen LogP contribution in [0.2, 0.25) is 5.02 Å². The van der Waals surface area contributed by atoms with Crippen LogP contribution in [0.15, 0.2) is 66.7 Å². The average molecular weight is 564 g/mol. The number of carbonyl (C=O) groups is 3. The number of hydrogen-bond acceptors (Lipinski definition) is 5. The first kappa shape index (κ1) is 29.3. The minimum absolute atomic E-state index is 0.165. The highest BCUT2D eigenvalue weighted by Crippen LogP contribution is 2.29. The summed E-state index contributed by atoms with van der Waals surface area (Å²) in [6.45, 7) is 4.71. The van der Waals surface area contributed by atoms with E-state index in [4.69, 9.17) is 21.5 Å². The molecule has 3 aromatic carbocycles. The van der Waals surface area contributed by atoms with Crippen molar-refractivity contribution in [3.63, 3.8) is 0 Å². The van der Waals surface area contributed by atoms with Gasteiger partial charge in [-0.3, -0.25) is 4.79 Å². The van der Waals surface area contributed by atoms with Gasteiger partial charge in [0.15, 0.2) is 0 Å². The number of halogens is 4. The monoisotopic (exact) mass is 563 g/mol. The van der Waals surface area contributed by atoms with Crippen LogP contribution >= 0.6 is 11.6 Å². The quantitative estimate of drug-likeness (QED) is 0.373. The number of hydrogen-bond donors (Lipinski definition) is 3. The lowest BCUT2D eigenvalue weighted by Crippen LogP contribution is -2.47. The number of anilines is 3. The highest BCUT2D eigenvalue weighted by Gasteiger charge is 2.38. The van der Waals surface area contributed by atoms with Gasteiger partial charge in [-0.15, -0.1) is 0 Å². The van der Waals surface area contributed by atoms with Gasteiger partial charge >= 0.3 is 18.1 Å². The van der Waals surface area contributed by atoms with Gasteiger partial charge < -0.3 is 25.3 Å². The molecule has 3 N–H and O–H groups in total. The Morgan fingerprint density at radius 1 is 0.846 bits per heavy atom. The lowest BCUT2D eigenvalue weighted by molar-refractivity contribution is -0.192. The van der Waals surface area contributed by atoms with Gasteiger partial charge in [0.1, 0.15) is 0 Å². The Bertz CT molecular complexity index is 1360. The molecule has 0 aromatic heterocycles. The van der Waals surface area contributed by atoms with E-state index in [0.29, 0.717) is 35.1 Å². The van der Waals surface area contributed by atoms with Gasteiger partial charge in [-0.05, 0) is 49.4 Å². The molecule has 0 spiro atoms. The maximum atomic E-state index is 12.5. The molecule has 12 heteroatoms. The third-order valence-corrected chi connectivity index (χ3v) is 6.14. The van der Waals surface area contributed by atoms with Crippen molar-refractivity contribution in [1.82, 2.24) is 0 Å². The van der Waals surface area contributed by atoms with Gasteiger partial charge in [-0.25, -0.2) is 9.59 Å². The van der Waals surface area contributed by atoms with Crippen LogP contribution < -0.4 is 15.1 Å². The minimum atomic E-state index is -5.08. The standard InChI is InChI=1S/C25H24ClN3O3.C2HF3O2/c1-17-5-4-6-18(15-17)24(30)27-19-9-10-22(20(16-19)25(31)32)28-11-13-29(14-12-28)23-8-3-2-7-21(23)26;3-2(4,5)1(6)7/h2-10,15-16H,11-14H2,1H3,(H,27,30)(H,31,32);(H,6,7). The number of benzene rings is 3. The lowest BCUT2D eigenvalue weighted by atomic mass is 10.1. The van der Waals surface area contributed by atoms with Crippen molar-refractivity contribution in [3.05, 3.63) is 88.4 Å². The molecule has 1 aliphatic heterocycles. The number of alkyl halides is 3. The molecule has 1 amide bonds. The highest BCUT2D eigenvalue weighted by molar-refractivity contribution is 6.33. The fraction of sp³-hybridized carbons (Fsp3) is 0.222. The molecule has 1 heterocycles. The molecule has 39 heavy (non-hydrogen) atoms. The topological polar surface area (TPSA) is 110 Å². The largest absolute Gasteiger partial charge is 0.490 e. The zero-order chi connectivity index (χ0) is 28.7. The summed E-state index contributed by atoms with van der Waals surface area (Å²) in [5.74, 6) is -4.06. The molecule has 8 nitrogen and oxygen atoms in total. The molecule has 1 aliphatic rings. The van der Waals surface area contributed by atoms with E-state index in [1.807, 2.05) is 43.3 Å². The first-order chi connectivity index (χ1) is 18.4. The van der Waals surface area contributed by atoms with Crippen molar-refractivity contribution in [2.24, 2.45) is 0 Å². The zero-order valence-electron chi connectivity index (χ0n) is 20.7. The normalized spacial score (nSPS) is 13.3. The zero-order valence-corrected chi connectivity index (χ0v) is 21.5. The van der Waals surface area contributed by atoms with Crippen molar-refractivity contribution >= 4 is 46.5 Å². The molecule has 3 aromatic rings. The lowest BCUT2D eigenvalue weighted by Gasteiger charge is -2.38. The number of rotatable bonds is 5. The smallest absolute Gasteiger partial charge is 0.478 e. The Balaban J connectivity index is 0.000000532. The Labute approximate surface area is 227 Å². The summed E-state index contributed by atoms with van der Waals surface area (Å²) in [5.41, 5.74) is 3.76. The summed E-state index contributed by atoms with van der Waals surface area (Å²) in [4.78, 5) is 37.7. The highest BCUT2D eigenvalue weighted by atomic mass is 35.5. The van der Waals surface area contributed by atoms with Gasteiger partial charge in [0.05, 0.1) is 22.0 Å². The van der Waals surface area contributed by atoms with Crippen molar-refractivity contribution in [2.45, 2.75) is 13.1 Å². The summed E-state index contributed by atoms with van der Waals surface area (Å²) in [6, 6.07) is 20.0. The Hall–Kier alpha value is -4.25. The van der Waals surface area contributed by atoms with Gasteiger partial charge in [-0.1, -0.05) is 41.4 Å². The molecule has 4 rings (SSSR count). The summed E-state index contributed by atoms with van der Waals surface area (Å²) >= 11 is 6.32. The maximum Gasteiger partial charge on any atom is 0.490 e. The number of aryl methyl sites for hydroxylation is 1. The predicted molar refractivity (Wildman–Crippen MR) is 142 cm³/mol. The summed E-state index contributed by atoms with van der Waals surface area (Å²) in [7, 11) is 0. The van der Waals surface area contributed by atoms with E-state index in [9.17, 15) is 27.9 Å². The molecule has 0 atom stereocenters. The molecule has 1 fully saturated rings. The second-order valence-corrected chi connectivity index (χ2v) is 9.00. The van der Waals surface area contributed by atoms with Crippen LogP contribution in [0.3, 0.4) is 0 Å². The molecule has 0 radical (unpaired) electrons. The van der Waals surface area contributed by atoms with Crippen molar-refractivity contribution in [2.75, 3.05) is 41.3 Å². The van der Waals surface area contributed by atoms with Crippen LogP contribution in [0, 0.1) is 6.92 Å². The number of carboxylic acids is 2. The fourth-order valence-electron chi connectivity index (χ4n) is 3.95. The fourth-order valence-corrected chi connectivity index (χ4v) is 4.20. The van der Waals surface area contributed by atoms with Crippen molar-refractivity contribution in [3.8, 4) is 0 Å². The number of nitrogens with one attached hydrogen (secondary N) is 1. The van der Waals surface area contributed by atoms with Gasteiger partial charge in [0, 0.05) is 37.4 Å². The molecule has 0 saturated carbocycles. The van der Waals surface area contributed by atoms with Crippen LogP contribution in [-0.2, 0) is 4.79 Å². The van der Waals surface area contributed by atoms with E-state index in [2.05, 4.69) is 15.1 Å². The maximum absolute atomic E-state index is 12.5. The average Bonchev–Trinajstić information content (AvgIpc) is 2.89. The molecular weight excluding hydrogens is 539 g/mol. The summed E-state index contributed by atoms with van der Waals surface area (Å²) in [6.07, 6.45) is -5.08. The molecule has 0 bridgehead atoms. The van der Waals surface area contributed by atoms with Crippen LogP contribution in [-0.4, -0.2) is 60.4 Å². The first-order valence-corrected chi connectivity index (χ1v) is 12.0. The van der Waals surface area contributed by atoms with E-state index in [0.717, 1.165) is 24.3 Å². The Kier molecular flexibility index (Phi) is 9.42. The number of amides is 1. The van der Waals surface area contributed by atoms with E-state index in [-0.39, 0.29) is 11.5 Å². The summed E-state index contributed by atoms with van der Waals surface area (Å²) < 4.78 is 31.7. The number of para-hydroxylation sites is 1. The third-order valence-electron chi connectivity index (χ3n) is 5.82. The minimum Gasteiger partial charge on any atom is -0.478 e. The van der Waals surface area contributed by atoms with E-state index < -0.39 is 18.1 Å². The van der Waals surface area contributed by atoms with E-state index in [1.165, 1.54) is 6.07 Å². The second-order valence-electron chi connectivity index (χ2n) is 8.59. The molecule has 1 saturated heterocycles. The van der Waals surface area contributed by atoms with E-state index >= 15 is 0 Å². The Morgan fingerprint density at radius 2 is 1.44 bits per heavy atom. The number of aromatic carboxylic acids is 1. The van der Waals surface area contributed by atoms with E-state index in [1.54, 1.807) is 24.3 Å². The van der Waals surface area contributed by atoms with Crippen molar-refractivity contribution in [1.29, 1.82) is 0 Å². The van der Waals surface area contributed by atoms with Gasteiger partial charge in [-0.2, -0.15) is 13.2 Å². The molecule has 206 valence electrons. The SMILES string of the molecule is Cc1cccc(C(=O)Nc2ccc(N3CCN(c4ccccc4Cl)CC3)c(C(=O)O)c2)c1.O=C(O)C(F)(F)F. The number of carbonyl (C=O) groups excluding carboxylic acids is 1. The molecular formula is C27H25ClF3N3O5. The van der Waals surface area contributed by atoms with Crippen LogP contribution in [0.4, 0.5) is 30.2 Å². The summed E-state index contributed by atoms with van der Waals surface area (Å²) in [5, 5.41) is 20.4. The van der Waals surface area contributed by atoms with Crippen LogP contribution in [0.5, 0.6) is 0 Å². The number of piperazine rings is 1. The van der Waals surface area contributed by atoms with Crippen LogP contribution in [0.1, 0.15) is 26.3 Å². The molecule has 0 unspecified atom stereocenters. The third kappa shape index (κ3) is 7.87. The second kappa shape index (κ2) is 12.5. The van der Waals surface area contributed by atoms with Crippen LogP contribution in [0.25, 0.3) is 0 Å². The number of nitrogens with zero attached hydrogens (tertiary/aromatic N) is 2. The van der Waals surface area contributed by atoms with Crippen molar-refractivity contribution < 1.29 is 37.8 Å². The predicted octanol–water partition coefficient (Wildman–Crippen LogP) is 5.56.